The molecule has 1 aliphatic rings. The molecule has 172 valence electrons. The van der Waals surface area contributed by atoms with E-state index in [9.17, 15) is 18.0 Å². The van der Waals surface area contributed by atoms with Gasteiger partial charge in [-0.15, -0.1) is 0 Å². The normalized spacial score (nSPS) is 14.3. The van der Waals surface area contributed by atoms with Gasteiger partial charge in [-0.2, -0.15) is 4.72 Å². The zero-order valence-corrected chi connectivity index (χ0v) is 19.9. The molecule has 1 atom stereocenters. The van der Waals surface area contributed by atoms with Crippen LogP contribution in [-0.2, 0) is 32.6 Å². The van der Waals surface area contributed by atoms with Gasteiger partial charge in [-0.05, 0) is 48.1 Å². The molecular weight excluding hydrogens is 426 g/mol. The van der Waals surface area contributed by atoms with Crippen molar-refractivity contribution in [3.05, 3.63) is 59.7 Å². The molecule has 1 heterocycles. The van der Waals surface area contributed by atoms with Gasteiger partial charge in [-0.3, -0.25) is 9.59 Å². The minimum atomic E-state index is -3.92. The number of nitrogens with one attached hydrogen (secondary N) is 1. The number of rotatable bonds is 8. The third-order valence-corrected chi connectivity index (χ3v) is 7.05. The van der Waals surface area contributed by atoms with Crippen LogP contribution in [0.1, 0.15) is 38.3 Å². The van der Waals surface area contributed by atoms with Crippen LogP contribution in [0.4, 0.5) is 5.69 Å². The first-order chi connectivity index (χ1) is 15.1. The van der Waals surface area contributed by atoms with E-state index in [2.05, 4.69) is 4.72 Å². The summed E-state index contributed by atoms with van der Waals surface area (Å²) in [7, 11) is -2.23. The maximum atomic E-state index is 13.2. The number of nitrogens with zero attached hydrogens (tertiary/aromatic N) is 2. The Labute approximate surface area is 190 Å². The van der Waals surface area contributed by atoms with Gasteiger partial charge in [0.2, 0.25) is 21.8 Å². The van der Waals surface area contributed by atoms with Crippen LogP contribution in [-0.4, -0.2) is 44.8 Å². The Morgan fingerprint density at radius 2 is 1.81 bits per heavy atom. The van der Waals surface area contributed by atoms with Gasteiger partial charge in [0.25, 0.3) is 0 Å². The highest BCUT2D eigenvalue weighted by Crippen LogP contribution is 2.30. The summed E-state index contributed by atoms with van der Waals surface area (Å²) in [6, 6.07) is 13.5. The second kappa shape index (κ2) is 9.83. The first-order valence-electron chi connectivity index (χ1n) is 10.8. The van der Waals surface area contributed by atoms with E-state index in [1.165, 1.54) is 13.0 Å². The lowest BCUT2D eigenvalue weighted by Gasteiger charge is -2.26. The van der Waals surface area contributed by atoms with E-state index in [1.54, 1.807) is 29.0 Å². The number of hydrogen-bond donors (Lipinski definition) is 1. The molecule has 0 saturated heterocycles. The van der Waals surface area contributed by atoms with Crippen molar-refractivity contribution in [1.82, 2.24) is 9.62 Å². The lowest BCUT2D eigenvalue weighted by atomic mass is 10.0. The fourth-order valence-corrected chi connectivity index (χ4v) is 5.25. The number of carbonyl (C=O) groups excluding carboxylic acids is 2. The van der Waals surface area contributed by atoms with Crippen LogP contribution in [0.3, 0.4) is 0 Å². The van der Waals surface area contributed by atoms with E-state index >= 15 is 0 Å². The number of fused-ring (bicyclic) bond motifs is 1. The summed E-state index contributed by atoms with van der Waals surface area (Å²) >= 11 is 0. The summed E-state index contributed by atoms with van der Waals surface area (Å²) in [4.78, 5) is 28.2. The molecule has 0 aromatic heterocycles. The molecule has 0 saturated carbocycles. The van der Waals surface area contributed by atoms with Crippen molar-refractivity contribution in [2.24, 2.45) is 5.92 Å². The Balaban J connectivity index is 1.80. The van der Waals surface area contributed by atoms with Crippen LogP contribution in [0.25, 0.3) is 0 Å². The predicted molar refractivity (Wildman–Crippen MR) is 125 cm³/mol. The van der Waals surface area contributed by atoms with Crippen LogP contribution >= 0.6 is 0 Å². The molecule has 0 bridgehead atoms. The van der Waals surface area contributed by atoms with Crippen LogP contribution < -0.4 is 9.62 Å². The van der Waals surface area contributed by atoms with Gasteiger partial charge in [-0.25, -0.2) is 8.42 Å². The summed E-state index contributed by atoms with van der Waals surface area (Å²) in [5, 5.41) is 0. The predicted octanol–water partition coefficient (Wildman–Crippen LogP) is 2.95. The van der Waals surface area contributed by atoms with E-state index in [0.717, 1.165) is 16.8 Å². The average Bonchev–Trinajstić information content (AvgIpc) is 3.16. The maximum Gasteiger partial charge on any atom is 0.241 e. The number of carbonyl (C=O) groups is 2. The Hall–Kier alpha value is -2.71. The Morgan fingerprint density at radius 1 is 1.12 bits per heavy atom. The van der Waals surface area contributed by atoms with Gasteiger partial charge in [0.05, 0.1) is 4.90 Å². The van der Waals surface area contributed by atoms with E-state index in [1.807, 2.05) is 44.2 Å². The molecule has 2 amide bonds. The van der Waals surface area contributed by atoms with Gasteiger partial charge in [0.15, 0.2) is 0 Å². The minimum Gasteiger partial charge on any atom is -0.340 e. The molecule has 2 aromatic rings. The number of anilines is 1. The quantitative estimate of drug-likeness (QED) is 0.660. The Kier molecular flexibility index (Phi) is 7.36. The van der Waals surface area contributed by atoms with Crippen molar-refractivity contribution < 1.29 is 18.0 Å². The molecular formula is C24H31N3O4S. The molecule has 1 aliphatic heterocycles. The Bertz CT molecular complexity index is 1080. The number of sulfonamides is 1. The fourth-order valence-electron chi connectivity index (χ4n) is 4.00. The van der Waals surface area contributed by atoms with Crippen molar-refractivity contribution in [2.45, 2.75) is 51.1 Å². The lowest BCUT2D eigenvalue weighted by Crippen LogP contribution is -2.47. The van der Waals surface area contributed by atoms with Crippen LogP contribution in [0.2, 0.25) is 0 Å². The largest absolute Gasteiger partial charge is 0.340 e. The summed E-state index contributed by atoms with van der Waals surface area (Å²) in [5.41, 5.74) is 2.54. The molecule has 0 radical (unpaired) electrons. The molecule has 3 rings (SSSR count). The standard InChI is InChI=1S/C24H31N3O4S/c1-17(2)14-22(24(29)26(4)16-19-8-6-5-7-9-19)25-32(30,31)21-10-11-23-20(15-21)12-13-27(23)18(3)28/h5-11,15,17,22,25H,12-14,16H2,1-4H3/t22-/m0/s1. The van der Waals surface area contributed by atoms with Crippen LogP contribution in [0.15, 0.2) is 53.4 Å². The minimum absolute atomic E-state index is 0.0680. The fraction of sp³-hybridized carbons (Fsp3) is 0.417. The third kappa shape index (κ3) is 5.55. The highest BCUT2D eigenvalue weighted by molar-refractivity contribution is 7.89. The van der Waals surface area contributed by atoms with Gasteiger partial charge < -0.3 is 9.80 Å². The summed E-state index contributed by atoms with van der Waals surface area (Å²) in [6.45, 7) is 6.35. The molecule has 1 N–H and O–H groups in total. The number of amides is 2. The van der Waals surface area contributed by atoms with E-state index in [4.69, 9.17) is 0 Å². The lowest BCUT2D eigenvalue weighted by molar-refractivity contribution is -0.132. The van der Waals surface area contributed by atoms with Gasteiger partial charge in [0.1, 0.15) is 6.04 Å². The van der Waals surface area contributed by atoms with Crippen molar-refractivity contribution in [3.63, 3.8) is 0 Å². The Morgan fingerprint density at radius 3 is 2.44 bits per heavy atom. The third-order valence-electron chi connectivity index (χ3n) is 5.58. The first kappa shape index (κ1) is 23.9. The molecule has 32 heavy (non-hydrogen) atoms. The molecule has 2 aromatic carbocycles. The van der Waals surface area contributed by atoms with Crippen LogP contribution in [0, 0.1) is 5.92 Å². The molecule has 0 unspecified atom stereocenters. The number of benzene rings is 2. The smallest absolute Gasteiger partial charge is 0.241 e. The monoisotopic (exact) mass is 457 g/mol. The van der Waals surface area contributed by atoms with Gasteiger partial charge >= 0.3 is 0 Å². The van der Waals surface area contributed by atoms with Gasteiger partial charge in [0, 0.05) is 32.7 Å². The molecule has 8 heteroatoms. The van der Waals surface area contributed by atoms with E-state index in [0.29, 0.717) is 25.9 Å². The van der Waals surface area contributed by atoms with Crippen LogP contribution in [0.5, 0.6) is 0 Å². The maximum absolute atomic E-state index is 13.2. The molecule has 0 aliphatic carbocycles. The zero-order chi connectivity index (χ0) is 23.5. The summed E-state index contributed by atoms with van der Waals surface area (Å²) in [5.74, 6) is -0.211. The molecule has 0 fully saturated rings. The van der Waals surface area contributed by atoms with E-state index in [-0.39, 0.29) is 22.6 Å². The molecule has 0 spiro atoms. The second-order valence-electron chi connectivity index (χ2n) is 8.69. The average molecular weight is 458 g/mol. The highest BCUT2D eigenvalue weighted by Gasteiger charge is 2.30. The van der Waals surface area contributed by atoms with E-state index < -0.39 is 16.1 Å². The van der Waals surface area contributed by atoms with Gasteiger partial charge in [-0.1, -0.05) is 44.2 Å². The van der Waals surface area contributed by atoms with Crippen molar-refractivity contribution in [2.75, 3.05) is 18.5 Å². The molecule has 7 nitrogen and oxygen atoms in total. The highest BCUT2D eigenvalue weighted by atomic mass is 32.2. The topological polar surface area (TPSA) is 86.8 Å². The number of likely N-dealkylation sites (N-methyl/N-ethyl adjacent to an activating group) is 1. The second-order valence-corrected chi connectivity index (χ2v) is 10.4. The van der Waals surface area contributed by atoms with Crippen molar-refractivity contribution in [1.29, 1.82) is 0 Å². The summed E-state index contributed by atoms with van der Waals surface area (Å²) in [6.07, 6.45) is 0.993. The van der Waals surface area contributed by atoms with Crippen molar-refractivity contribution >= 4 is 27.5 Å². The SMILES string of the molecule is CC(=O)N1CCc2cc(S(=O)(=O)N[C@@H](CC(C)C)C(=O)N(C)Cc3ccccc3)ccc21. The summed E-state index contributed by atoms with van der Waals surface area (Å²) < 4.78 is 29.0. The first-order valence-corrected chi connectivity index (χ1v) is 12.3. The van der Waals surface area contributed by atoms with Crippen molar-refractivity contribution in [3.8, 4) is 0 Å². The zero-order valence-electron chi connectivity index (χ0n) is 19.0. The number of hydrogen-bond acceptors (Lipinski definition) is 4.